The molecule has 0 heterocycles. The van der Waals surface area contributed by atoms with E-state index >= 15 is 0 Å². The molecule has 1 aliphatic rings. The van der Waals surface area contributed by atoms with Gasteiger partial charge in [0.1, 0.15) is 0 Å². The normalized spacial score (nSPS) is 30.3. The third-order valence-electron chi connectivity index (χ3n) is 5.62. The Kier molecular flexibility index (Phi) is 6.82. The topological polar surface area (TPSA) is 21.3 Å². The lowest BCUT2D eigenvalue weighted by atomic mass is 9.68. The summed E-state index contributed by atoms with van der Waals surface area (Å²) in [5, 5.41) is 3.61. The summed E-state index contributed by atoms with van der Waals surface area (Å²) in [7, 11) is 2.12. The highest BCUT2D eigenvalue weighted by Crippen LogP contribution is 2.40. The van der Waals surface area contributed by atoms with Crippen LogP contribution in [0.1, 0.15) is 66.7 Å². The van der Waals surface area contributed by atoms with Gasteiger partial charge in [-0.25, -0.2) is 0 Å². The number of hydrogen-bond acceptors (Lipinski definition) is 2. The molecule has 19 heavy (non-hydrogen) atoms. The van der Waals surface area contributed by atoms with Gasteiger partial charge in [0.15, 0.2) is 0 Å². The lowest BCUT2D eigenvalue weighted by Gasteiger charge is -2.46. The molecule has 0 aliphatic heterocycles. The monoisotopic (exact) mass is 269 g/mol. The minimum Gasteiger partial charge on any atom is -0.374 e. The maximum absolute atomic E-state index is 6.23. The molecule has 0 spiro atoms. The molecule has 114 valence electrons. The first-order valence-corrected chi connectivity index (χ1v) is 8.35. The average Bonchev–Trinajstić information content (AvgIpc) is 2.42. The van der Waals surface area contributed by atoms with Crippen LogP contribution in [-0.2, 0) is 4.74 Å². The molecule has 0 aromatic rings. The SMILES string of the molecule is CCOC(CC)(CC)C(NC)C1CCC(C)C(C)C1. The predicted molar refractivity (Wildman–Crippen MR) is 83.5 cm³/mol. The van der Waals surface area contributed by atoms with Crippen molar-refractivity contribution in [3.05, 3.63) is 0 Å². The van der Waals surface area contributed by atoms with Crippen molar-refractivity contribution in [3.8, 4) is 0 Å². The summed E-state index contributed by atoms with van der Waals surface area (Å²) in [5.41, 5.74) is 0.0223. The maximum Gasteiger partial charge on any atom is 0.0831 e. The molecular weight excluding hydrogens is 234 g/mol. The van der Waals surface area contributed by atoms with Crippen LogP contribution >= 0.6 is 0 Å². The van der Waals surface area contributed by atoms with Crippen molar-refractivity contribution >= 4 is 0 Å². The van der Waals surface area contributed by atoms with E-state index in [1.165, 1.54) is 19.3 Å². The molecular formula is C17H35NO. The molecule has 0 radical (unpaired) electrons. The molecule has 1 rings (SSSR count). The summed E-state index contributed by atoms with van der Waals surface area (Å²) in [6.45, 7) is 12.3. The summed E-state index contributed by atoms with van der Waals surface area (Å²) in [4.78, 5) is 0. The van der Waals surface area contributed by atoms with Crippen LogP contribution in [0.4, 0.5) is 0 Å². The number of nitrogens with one attached hydrogen (secondary N) is 1. The summed E-state index contributed by atoms with van der Waals surface area (Å²) in [6, 6.07) is 0.498. The second-order valence-corrected chi connectivity index (χ2v) is 6.50. The number of hydrogen-bond donors (Lipinski definition) is 1. The van der Waals surface area contributed by atoms with Gasteiger partial charge in [-0.05, 0) is 57.4 Å². The Labute approximate surface area is 120 Å². The van der Waals surface area contributed by atoms with E-state index in [-0.39, 0.29) is 5.60 Å². The summed E-state index contributed by atoms with van der Waals surface area (Å²) < 4.78 is 6.23. The zero-order valence-electron chi connectivity index (χ0n) is 14.0. The van der Waals surface area contributed by atoms with Gasteiger partial charge in [0.05, 0.1) is 5.60 Å². The van der Waals surface area contributed by atoms with Crippen LogP contribution in [0, 0.1) is 17.8 Å². The molecule has 1 N–H and O–H groups in total. The van der Waals surface area contributed by atoms with Crippen molar-refractivity contribution in [2.75, 3.05) is 13.7 Å². The van der Waals surface area contributed by atoms with Gasteiger partial charge in [-0.15, -0.1) is 0 Å². The summed E-state index contributed by atoms with van der Waals surface area (Å²) in [6.07, 6.45) is 6.28. The first-order chi connectivity index (χ1) is 9.04. The molecule has 2 heteroatoms. The first kappa shape index (κ1) is 17.0. The van der Waals surface area contributed by atoms with Gasteiger partial charge in [-0.1, -0.05) is 34.1 Å². The molecule has 0 bridgehead atoms. The fraction of sp³-hybridized carbons (Fsp3) is 1.00. The second-order valence-electron chi connectivity index (χ2n) is 6.50. The van der Waals surface area contributed by atoms with Crippen molar-refractivity contribution in [1.82, 2.24) is 5.32 Å². The summed E-state index contributed by atoms with van der Waals surface area (Å²) in [5.74, 6) is 2.50. The van der Waals surface area contributed by atoms with Gasteiger partial charge in [0.25, 0.3) is 0 Å². The van der Waals surface area contributed by atoms with E-state index in [0.29, 0.717) is 6.04 Å². The lowest BCUT2D eigenvalue weighted by molar-refractivity contribution is -0.0904. The fourth-order valence-electron chi connectivity index (χ4n) is 4.09. The number of rotatable bonds is 7. The van der Waals surface area contributed by atoms with Crippen molar-refractivity contribution < 1.29 is 4.74 Å². The Morgan fingerprint density at radius 1 is 1.11 bits per heavy atom. The molecule has 0 aromatic carbocycles. The van der Waals surface area contributed by atoms with E-state index in [9.17, 15) is 0 Å². The third-order valence-corrected chi connectivity index (χ3v) is 5.62. The molecule has 0 aromatic heterocycles. The summed E-state index contributed by atoms with van der Waals surface area (Å²) >= 11 is 0. The predicted octanol–water partition coefficient (Wildman–Crippen LogP) is 4.24. The van der Waals surface area contributed by atoms with E-state index < -0.39 is 0 Å². The minimum absolute atomic E-state index is 0.0223. The van der Waals surface area contributed by atoms with E-state index in [1.807, 2.05) is 0 Å². The average molecular weight is 269 g/mol. The largest absolute Gasteiger partial charge is 0.374 e. The molecule has 1 fully saturated rings. The van der Waals surface area contributed by atoms with Crippen molar-refractivity contribution in [2.45, 2.75) is 78.4 Å². The molecule has 0 amide bonds. The quantitative estimate of drug-likeness (QED) is 0.746. The smallest absolute Gasteiger partial charge is 0.0831 e. The Morgan fingerprint density at radius 3 is 2.16 bits per heavy atom. The highest BCUT2D eigenvalue weighted by molar-refractivity contribution is 4.97. The molecule has 4 unspecified atom stereocenters. The Balaban J connectivity index is 2.85. The highest BCUT2D eigenvalue weighted by Gasteiger charge is 2.42. The number of ether oxygens (including phenoxy) is 1. The van der Waals surface area contributed by atoms with Gasteiger partial charge in [-0.3, -0.25) is 0 Å². The minimum atomic E-state index is 0.0223. The second kappa shape index (κ2) is 7.64. The Bertz CT molecular complexity index is 250. The highest BCUT2D eigenvalue weighted by atomic mass is 16.5. The first-order valence-electron chi connectivity index (χ1n) is 8.35. The van der Waals surface area contributed by atoms with E-state index in [1.54, 1.807) is 0 Å². The standard InChI is InChI=1S/C17H35NO/c1-7-17(8-2,19-9-3)16(18-6)15-11-10-13(4)14(5)12-15/h13-16,18H,7-12H2,1-6H3. The maximum atomic E-state index is 6.23. The van der Waals surface area contributed by atoms with Crippen LogP contribution in [0.3, 0.4) is 0 Å². The van der Waals surface area contributed by atoms with E-state index in [0.717, 1.165) is 37.2 Å². The van der Waals surface area contributed by atoms with E-state index in [4.69, 9.17) is 4.74 Å². The van der Waals surface area contributed by atoms with Crippen LogP contribution in [-0.4, -0.2) is 25.3 Å². The molecule has 0 saturated heterocycles. The van der Waals surface area contributed by atoms with Crippen LogP contribution in [0.5, 0.6) is 0 Å². The van der Waals surface area contributed by atoms with Gasteiger partial charge in [-0.2, -0.15) is 0 Å². The van der Waals surface area contributed by atoms with Crippen molar-refractivity contribution in [2.24, 2.45) is 17.8 Å². The van der Waals surface area contributed by atoms with Crippen LogP contribution in [0.25, 0.3) is 0 Å². The van der Waals surface area contributed by atoms with E-state index in [2.05, 4.69) is 47.0 Å². The molecule has 1 aliphatic carbocycles. The van der Waals surface area contributed by atoms with Crippen LogP contribution in [0.15, 0.2) is 0 Å². The Hall–Kier alpha value is -0.0800. The van der Waals surface area contributed by atoms with Gasteiger partial charge in [0.2, 0.25) is 0 Å². The van der Waals surface area contributed by atoms with Crippen LogP contribution in [0.2, 0.25) is 0 Å². The number of likely N-dealkylation sites (N-methyl/N-ethyl adjacent to an activating group) is 1. The van der Waals surface area contributed by atoms with Crippen LogP contribution < -0.4 is 5.32 Å². The molecule has 4 atom stereocenters. The lowest BCUT2D eigenvalue weighted by Crippen LogP contribution is -2.55. The van der Waals surface area contributed by atoms with Gasteiger partial charge >= 0.3 is 0 Å². The Morgan fingerprint density at radius 2 is 1.74 bits per heavy atom. The zero-order valence-corrected chi connectivity index (χ0v) is 14.0. The molecule has 2 nitrogen and oxygen atoms in total. The van der Waals surface area contributed by atoms with Crippen molar-refractivity contribution in [1.29, 1.82) is 0 Å². The van der Waals surface area contributed by atoms with Gasteiger partial charge < -0.3 is 10.1 Å². The fourth-order valence-corrected chi connectivity index (χ4v) is 4.09. The molecule has 1 saturated carbocycles. The zero-order chi connectivity index (χ0) is 14.5. The third kappa shape index (κ3) is 3.72. The van der Waals surface area contributed by atoms with Crippen molar-refractivity contribution in [3.63, 3.8) is 0 Å². The van der Waals surface area contributed by atoms with Gasteiger partial charge in [0, 0.05) is 12.6 Å².